The monoisotopic (exact) mass is 272 g/mol. The summed E-state index contributed by atoms with van der Waals surface area (Å²) >= 11 is 0. The van der Waals surface area contributed by atoms with E-state index in [4.69, 9.17) is 5.11 Å². The van der Waals surface area contributed by atoms with Gasteiger partial charge in [-0.05, 0) is 39.0 Å². The number of urea groups is 1. The maximum atomic E-state index is 11.7. The number of hydrogen-bond donors (Lipinski definition) is 3. The molecule has 5 nitrogen and oxygen atoms in total. The lowest BCUT2D eigenvalue weighted by Crippen LogP contribution is -2.48. The maximum absolute atomic E-state index is 11.7. The molecule has 0 aromatic heterocycles. The maximum Gasteiger partial charge on any atom is 0.315 e. The van der Waals surface area contributed by atoms with E-state index in [0.29, 0.717) is 18.9 Å². The minimum absolute atomic E-state index is 0.149. The van der Waals surface area contributed by atoms with Gasteiger partial charge in [-0.15, -0.1) is 0 Å². The van der Waals surface area contributed by atoms with Crippen molar-refractivity contribution in [3.05, 3.63) is 0 Å². The summed E-state index contributed by atoms with van der Waals surface area (Å²) in [6.45, 7) is 8.68. The van der Waals surface area contributed by atoms with E-state index in [1.807, 2.05) is 20.8 Å². The van der Waals surface area contributed by atoms with E-state index in [9.17, 15) is 9.59 Å². The summed E-state index contributed by atoms with van der Waals surface area (Å²) in [6, 6.07) is -0.149. The van der Waals surface area contributed by atoms with Crippen molar-refractivity contribution in [1.82, 2.24) is 10.6 Å². The summed E-state index contributed by atoms with van der Waals surface area (Å²) in [5.41, 5.74) is -0.187. The van der Waals surface area contributed by atoms with E-state index < -0.39 is 5.97 Å². The molecular weight excluding hydrogens is 244 g/mol. The number of aliphatic carboxylic acids is 1. The molecule has 2 amide bonds. The first-order chi connectivity index (χ1) is 8.76. The van der Waals surface area contributed by atoms with E-state index in [0.717, 1.165) is 19.3 Å². The standard InChI is InChI=1S/C14H28N2O3/c1-5-9-14(3,4)16-13(19)15-10-8-11(2)6-7-12(17)18/h11H,5-10H2,1-4H3,(H,17,18)(H2,15,16,19). The summed E-state index contributed by atoms with van der Waals surface area (Å²) < 4.78 is 0. The molecule has 0 aliphatic rings. The first-order valence-electron chi connectivity index (χ1n) is 7.04. The third-order valence-electron chi connectivity index (χ3n) is 3.10. The molecule has 0 aliphatic heterocycles. The van der Waals surface area contributed by atoms with Gasteiger partial charge >= 0.3 is 12.0 Å². The van der Waals surface area contributed by atoms with Crippen molar-refractivity contribution in [2.24, 2.45) is 5.92 Å². The molecule has 0 aromatic carbocycles. The van der Waals surface area contributed by atoms with E-state index in [2.05, 4.69) is 17.6 Å². The normalized spacial score (nSPS) is 12.8. The first kappa shape index (κ1) is 17.7. The Hall–Kier alpha value is -1.26. The minimum Gasteiger partial charge on any atom is -0.481 e. The van der Waals surface area contributed by atoms with Crippen LogP contribution in [0.1, 0.15) is 59.8 Å². The minimum atomic E-state index is -0.765. The van der Waals surface area contributed by atoms with Crippen LogP contribution in [-0.4, -0.2) is 29.2 Å². The smallest absolute Gasteiger partial charge is 0.315 e. The predicted molar refractivity (Wildman–Crippen MR) is 76.2 cm³/mol. The molecule has 0 spiro atoms. The second kappa shape index (κ2) is 8.77. The summed E-state index contributed by atoms with van der Waals surface area (Å²) in [4.78, 5) is 22.1. The summed E-state index contributed by atoms with van der Waals surface area (Å²) in [7, 11) is 0. The molecular formula is C14H28N2O3. The second-order valence-electron chi connectivity index (χ2n) is 5.84. The Kier molecular flexibility index (Phi) is 8.19. The molecule has 1 atom stereocenters. The molecule has 0 rings (SSSR count). The van der Waals surface area contributed by atoms with Gasteiger partial charge in [-0.25, -0.2) is 4.79 Å². The average molecular weight is 272 g/mol. The highest BCUT2D eigenvalue weighted by atomic mass is 16.4. The van der Waals surface area contributed by atoms with Gasteiger partial charge in [0, 0.05) is 18.5 Å². The quantitative estimate of drug-likeness (QED) is 0.604. The van der Waals surface area contributed by atoms with Crippen LogP contribution >= 0.6 is 0 Å². The Morgan fingerprint density at radius 3 is 2.42 bits per heavy atom. The average Bonchev–Trinajstić information content (AvgIpc) is 2.25. The van der Waals surface area contributed by atoms with Gasteiger partial charge in [0.1, 0.15) is 0 Å². The molecule has 19 heavy (non-hydrogen) atoms. The van der Waals surface area contributed by atoms with Gasteiger partial charge in [0.05, 0.1) is 0 Å². The highest BCUT2D eigenvalue weighted by molar-refractivity contribution is 5.74. The largest absolute Gasteiger partial charge is 0.481 e. The number of carbonyl (C=O) groups excluding carboxylic acids is 1. The number of carboxylic acids is 1. The van der Waals surface area contributed by atoms with Crippen LogP contribution < -0.4 is 10.6 Å². The Balaban J connectivity index is 3.76. The van der Waals surface area contributed by atoms with Crippen molar-refractivity contribution in [2.75, 3.05) is 6.54 Å². The lowest BCUT2D eigenvalue weighted by atomic mass is 9.99. The van der Waals surface area contributed by atoms with Gasteiger partial charge in [0.25, 0.3) is 0 Å². The topological polar surface area (TPSA) is 78.4 Å². The Bertz CT molecular complexity index is 290. The lowest BCUT2D eigenvalue weighted by molar-refractivity contribution is -0.137. The molecule has 0 heterocycles. The molecule has 5 heteroatoms. The van der Waals surface area contributed by atoms with Crippen molar-refractivity contribution in [3.8, 4) is 0 Å². The fourth-order valence-electron chi connectivity index (χ4n) is 1.99. The third-order valence-corrected chi connectivity index (χ3v) is 3.10. The molecule has 0 saturated heterocycles. The van der Waals surface area contributed by atoms with Crippen LogP contribution in [0.25, 0.3) is 0 Å². The fraction of sp³-hybridized carbons (Fsp3) is 0.857. The third kappa shape index (κ3) is 10.4. The zero-order chi connectivity index (χ0) is 14.9. The molecule has 0 fully saturated rings. The number of amides is 2. The van der Waals surface area contributed by atoms with Crippen molar-refractivity contribution < 1.29 is 14.7 Å². The van der Waals surface area contributed by atoms with Crippen LogP contribution in [0.15, 0.2) is 0 Å². The molecule has 1 unspecified atom stereocenters. The van der Waals surface area contributed by atoms with E-state index in [-0.39, 0.29) is 18.0 Å². The van der Waals surface area contributed by atoms with Crippen LogP contribution in [-0.2, 0) is 4.79 Å². The number of carbonyl (C=O) groups is 2. The fourth-order valence-corrected chi connectivity index (χ4v) is 1.99. The molecule has 0 bridgehead atoms. The van der Waals surface area contributed by atoms with Crippen LogP contribution in [0, 0.1) is 5.92 Å². The van der Waals surface area contributed by atoms with E-state index in [1.54, 1.807) is 0 Å². The van der Waals surface area contributed by atoms with Gasteiger partial charge in [0.15, 0.2) is 0 Å². The Morgan fingerprint density at radius 1 is 1.26 bits per heavy atom. The van der Waals surface area contributed by atoms with Gasteiger partial charge in [-0.3, -0.25) is 4.79 Å². The van der Waals surface area contributed by atoms with Crippen molar-refractivity contribution >= 4 is 12.0 Å². The van der Waals surface area contributed by atoms with Gasteiger partial charge in [-0.2, -0.15) is 0 Å². The van der Waals surface area contributed by atoms with Crippen LogP contribution in [0.4, 0.5) is 4.79 Å². The zero-order valence-electron chi connectivity index (χ0n) is 12.6. The van der Waals surface area contributed by atoms with E-state index in [1.165, 1.54) is 0 Å². The van der Waals surface area contributed by atoms with Gasteiger partial charge in [0.2, 0.25) is 0 Å². The lowest BCUT2D eigenvalue weighted by Gasteiger charge is -2.26. The van der Waals surface area contributed by atoms with Crippen LogP contribution in [0.5, 0.6) is 0 Å². The highest BCUT2D eigenvalue weighted by Crippen LogP contribution is 2.11. The number of nitrogens with one attached hydrogen (secondary N) is 2. The molecule has 0 radical (unpaired) electrons. The summed E-state index contributed by atoms with van der Waals surface area (Å²) in [6.07, 6.45) is 3.61. The molecule has 0 aliphatic carbocycles. The highest BCUT2D eigenvalue weighted by Gasteiger charge is 2.18. The van der Waals surface area contributed by atoms with Crippen molar-refractivity contribution in [1.29, 1.82) is 0 Å². The number of hydrogen-bond acceptors (Lipinski definition) is 2. The first-order valence-corrected chi connectivity index (χ1v) is 7.04. The molecule has 0 aromatic rings. The van der Waals surface area contributed by atoms with Gasteiger partial charge < -0.3 is 15.7 Å². The molecule has 112 valence electrons. The van der Waals surface area contributed by atoms with Crippen molar-refractivity contribution in [2.45, 2.75) is 65.3 Å². The molecule has 0 saturated carbocycles. The molecule has 3 N–H and O–H groups in total. The second-order valence-corrected chi connectivity index (χ2v) is 5.84. The number of carboxylic acid groups (broad SMARTS) is 1. The Labute approximate surface area is 116 Å². The predicted octanol–water partition coefficient (Wildman–Crippen LogP) is 2.76. The van der Waals surface area contributed by atoms with E-state index >= 15 is 0 Å². The number of rotatable bonds is 9. The SMILES string of the molecule is CCCC(C)(C)NC(=O)NCCC(C)CCC(=O)O. The Morgan fingerprint density at radius 2 is 1.89 bits per heavy atom. The van der Waals surface area contributed by atoms with Crippen LogP contribution in [0.3, 0.4) is 0 Å². The summed E-state index contributed by atoms with van der Waals surface area (Å²) in [5.74, 6) is -0.459. The zero-order valence-corrected chi connectivity index (χ0v) is 12.6. The summed E-state index contributed by atoms with van der Waals surface area (Å²) in [5, 5.41) is 14.3. The van der Waals surface area contributed by atoms with Crippen LogP contribution in [0.2, 0.25) is 0 Å². The van der Waals surface area contributed by atoms with Crippen molar-refractivity contribution in [3.63, 3.8) is 0 Å². The van der Waals surface area contributed by atoms with Gasteiger partial charge in [-0.1, -0.05) is 20.3 Å².